The maximum Gasteiger partial charge on any atom is 0.270 e. The lowest BCUT2D eigenvalue weighted by molar-refractivity contribution is -0.384. The molecule has 1 aliphatic heterocycles. The van der Waals surface area contributed by atoms with Crippen molar-refractivity contribution in [2.45, 2.75) is 65.5 Å². The van der Waals surface area contributed by atoms with Gasteiger partial charge in [-0.25, -0.2) is 4.98 Å². The fourth-order valence-electron chi connectivity index (χ4n) is 8.78. The van der Waals surface area contributed by atoms with Crippen LogP contribution < -0.4 is 5.56 Å². The van der Waals surface area contributed by atoms with Gasteiger partial charge in [-0.1, -0.05) is 45.9 Å². The van der Waals surface area contributed by atoms with E-state index in [1.54, 1.807) is 12.1 Å². The molecule has 1 aliphatic rings. The Morgan fingerprint density at radius 3 is 1.78 bits per heavy atom. The van der Waals surface area contributed by atoms with Crippen molar-refractivity contribution >= 4 is 93.3 Å². The summed E-state index contributed by atoms with van der Waals surface area (Å²) in [6.07, 6.45) is 2.82. The Kier molecular flexibility index (Phi) is 6.10. The average molecular weight is 649 g/mol. The number of benzene rings is 6. The normalized spacial score (nSPS) is 13.9. The van der Waals surface area contributed by atoms with Gasteiger partial charge in [0.15, 0.2) is 0 Å². The van der Waals surface area contributed by atoms with Gasteiger partial charge in [0.25, 0.3) is 23.1 Å². The molecule has 242 valence electrons. The van der Waals surface area contributed by atoms with E-state index in [9.17, 15) is 24.5 Å². The summed E-state index contributed by atoms with van der Waals surface area (Å²) >= 11 is 0. The summed E-state index contributed by atoms with van der Waals surface area (Å²) in [5.74, 6) is -0.564. The van der Waals surface area contributed by atoms with E-state index in [1.165, 1.54) is 11.0 Å². The molecule has 0 radical (unpaired) electrons. The van der Waals surface area contributed by atoms with Crippen molar-refractivity contribution in [3.05, 3.63) is 92.3 Å². The first-order valence-electron chi connectivity index (χ1n) is 17.1. The van der Waals surface area contributed by atoms with Crippen molar-refractivity contribution < 1.29 is 14.5 Å². The number of pyridine rings is 2. The van der Waals surface area contributed by atoms with Crippen molar-refractivity contribution in [1.29, 1.82) is 0 Å². The minimum absolute atomic E-state index is 0.0426. The van der Waals surface area contributed by atoms with Crippen LogP contribution in [0.25, 0.3) is 75.8 Å². The second-order valence-electron chi connectivity index (χ2n) is 13.3. The molecule has 0 spiro atoms. The molecule has 0 unspecified atom stereocenters. The summed E-state index contributed by atoms with van der Waals surface area (Å²) in [4.78, 5) is 60.5. The first kappa shape index (κ1) is 29.4. The molecule has 9 rings (SSSR count). The SMILES string of the molecule is CCC(CC)N1C(=O)c2ccc3c4ccc5c(=O)n(C(CC)CC)c6nc7ccc([N+](=O)[O-])cc7c7cc(c8ccc(c2c38)C1=O)c4c5c76. The van der Waals surface area contributed by atoms with Crippen LogP contribution in [0.15, 0.2) is 65.5 Å². The van der Waals surface area contributed by atoms with Gasteiger partial charge in [-0.05, 0) is 93.7 Å². The van der Waals surface area contributed by atoms with Crippen LogP contribution in [-0.4, -0.2) is 37.2 Å². The summed E-state index contributed by atoms with van der Waals surface area (Å²) < 4.78 is 1.82. The van der Waals surface area contributed by atoms with Gasteiger partial charge in [-0.2, -0.15) is 0 Å². The van der Waals surface area contributed by atoms with E-state index < -0.39 is 4.92 Å². The molecule has 0 saturated carbocycles. The van der Waals surface area contributed by atoms with Gasteiger partial charge >= 0.3 is 0 Å². The monoisotopic (exact) mass is 648 g/mol. The molecule has 0 bridgehead atoms. The number of hydrogen-bond acceptors (Lipinski definition) is 6. The average Bonchev–Trinajstić information content (AvgIpc) is 3.12. The number of fused-ring (bicyclic) bond motifs is 4. The lowest BCUT2D eigenvalue weighted by atomic mass is 9.82. The van der Waals surface area contributed by atoms with Gasteiger partial charge < -0.3 is 0 Å². The van der Waals surface area contributed by atoms with Crippen LogP contribution in [0.5, 0.6) is 0 Å². The number of aromatic nitrogens is 2. The molecule has 0 fully saturated rings. The molecule has 49 heavy (non-hydrogen) atoms. The molecule has 8 aromatic rings. The van der Waals surface area contributed by atoms with E-state index in [2.05, 4.69) is 19.9 Å². The highest BCUT2D eigenvalue weighted by Gasteiger charge is 2.37. The summed E-state index contributed by atoms with van der Waals surface area (Å²) in [7, 11) is 0. The molecule has 9 nitrogen and oxygen atoms in total. The number of imide groups is 1. The minimum Gasteiger partial charge on any atom is -0.289 e. The summed E-state index contributed by atoms with van der Waals surface area (Å²) in [6, 6.07) is 17.9. The van der Waals surface area contributed by atoms with E-state index in [1.807, 2.05) is 54.8 Å². The number of rotatable bonds is 7. The number of hydrogen-bond donors (Lipinski definition) is 0. The number of carbonyl (C=O) groups is 2. The summed E-state index contributed by atoms with van der Waals surface area (Å²) in [6.45, 7) is 8.10. The zero-order chi connectivity index (χ0) is 34.0. The second kappa shape index (κ2) is 10.2. The van der Waals surface area contributed by atoms with E-state index in [-0.39, 0.29) is 35.1 Å². The quantitative estimate of drug-likeness (QED) is 0.0559. The first-order chi connectivity index (χ1) is 23.7. The number of carbonyl (C=O) groups excluding carboxylic acids is 2. The van der Waals surface area contributed by atoms with Gasteiger partial charge in [-0.15, -0.1) is 0 Å². The van der Waals surface area contributed by atoms with Gasteiger partial charge in [-0.3, -0.25) is 34.0 Å². The van der Waals surface area contributed by atoms with E-state index >= 15 is 0 Å². The lowest BCUT2D eigenvalue weighted by Crippen LogP contribution is -2.46. The first-order valence-corrected chi connectivity index (χ1v) is 17.1. The van der Waals surface area contributed by atoms with E-state index in [4.69, 9.17) is 4.98 Å². The third kappa shape index (κ3) is 3.59. The third-order valence-corrected chi connectivity index (χ3v) is 11.1. The number of amides is 2. The molecule has 3 heterocycles. The molecule has 2 aromatic heterocycles. The molecule has 0 N–H and O–H groups in total. The van der Waals surface area contributed by atoms with Crippen molar-refractivity contribution in [2.75, 3.05) is 0 Å². The molecule has 6 aromatic carbocycles. The van der Waals surface area contributed by atoms with Crippen LogP contribution in [0.4, 0.5) is 5.69 Å². The Morgan fingerprint density at radius 1 is 0.612 bits per heavy atom. The Bertz CT molecular complexity index is 2810. The predicted molar refractivity (Wildman–Crippen MR) is 195 cm³/mol. The minimum atomic E-state index is -0.406. The lowest BCUT2D eigenvalue weighted by Gasteiger charge is -2.33. The Hall–Kier alpha value is -5.70. The summed E-state index contributed by atoms with van der Waals surface area (Å²) in [5.41, 5.74) is 1.98. The van der Waals surface area contributed by atoms with Crippen LogP contribution in [0.2, 0.25) is 0 Å². The van der Waals surface area contributed by atoms with Crippen molar-refractivity contribution in [3.63, 3.8) is 0 Å². The maximum atomic E-state index is 14.5. The van der Waals surface area contributed by atoms with Gasteiger partial charge in [0, 0.05) is 62.3 Å². The zero-order valence-corrected chi connectivity index (χ0v) is 27.6. The van der Waals surface area contributed by atoms with Crippen molar-refractivity contribution in [1.82, 2.24) is 14.5 Å². The van der Waals surface area contributed by atoms with Crippen molar-refractivity contribution in [2.24, 2.45) is 0 Å². The Labute approximate surface area is 279 Å². The van der Waals surface area contributed by atoms with Gasteiger partial charge in [0.1, 0.15) is 5.65 Å². The highest BCUT2D eigenvalue weighted by Crippen LogP contribution is 2.48. The number of nitro groups is 1. The topological polar surface area (TPSA) is 115 Å². The van der Waals surface area contributed by atoms with E-state index in [0.29, 0.717) is 51.3 Å². The molecule has 9 heteroatoms. The molecule has 0 atom stereocenters. The van der Waals surface area contributed by atoms with Crippen LogP contribution in [0.1, 0.15) is 80.1 Å². The fourth-order valence-corrected chi connectivity index (χ4v) is 8.78. The Balaban J connectivity index is 1.52. The zero-order valence-electron chi connectivity index (χ0n) is 27.6. The number of nitrogens with zero attached hydrogens (tertiary/aromatic N) is 4. The van der Waals surface area contributed by atoms with Crippen LogP contribution in [0.3, 0.4) is 0 Å². The largest absolute Gasteiger partial charge is 0.289 e. The molecule has 0 aliphatic carbocycles. The maximum absolute atomic E-state index is 14.5. The standard InChI is InChI=1S/C40H32N4O5/c1-5-19(6-2)42-37-36-30(28-17-21(44(48)49)9-16-31(28)41-37)18-29-24-12-14-26-34-25(39(46)43(40(26)47)20(7-3)8-4)13-10-22(32(24)34)23-11-15-27(38(42)45)35(36)33(23)29/h9-20H,5-8H2,1-4H3. The van der Waals surface area contributed by atoms with Crippen LogP contribution >= 0.6 is 0 Å². The predicted octanol–water partition coefficient (Wildman–Crippen LogP) is 9.25. The molecule has 0 saturated heterocycles. The highest BCUT2D eigenvalue weighted by atomic mass is 16.6. The second-order valence-corrected chi connectivity index (χ2v) is 13.3. The van der Waals surface area contributed by atoms with Gasteiger partial charge in [0.05, 0.1) is 10.4 Å². The van der Waals surface area contributed by atoms with Crippen molar-refractivity contribution in [3.8, 4) is 0 Å². The van der Waals surface area contributed by atoms with Gasteiger partial charge in [0.2, 0.25) is 0 Å². The number of non-ortho nitro benzene ring substituents is 1. The van der Waals surface area contributed by atoms with Crippen LogP contribution in [-0.2, 0) is 0 Å². The van der Waals surface area contributed by atoms with Crippen LogP contribution in [0, 0.1) is 10.1 Å². The number of nitro benzene ring substituents is 1. The molecular weight excluding hydrogens is 616 g/mol. The fraction of sp³-hybridized carbons (Fsp3) is 0.250. The van der Waals surface area contributed by atoms with E-state index in [0.717, 1.165) is 61.3 Å². The summed E-state index contributed by atoms with van der Waals surface area (Å²) in [5, 5.41) is 21.4. The highest BCUT2D eigenvalue weighted by molar-refractivity contribution is 6.43. The molecule has 2 amide bonds. The smallest absolute Gasteiger partial charge is 0.270 e. The molecular formula is C40H32N4O5. The Morgan fingerprint density at radius 2 is 1.16 bits per heavy atom. The third-order valence-electron chi connectivity index (χ3n) is 11.1.